The van der Waals surface area contributed by atoms with Crippen LogP contribution < -0.4 is 0 Å². The molecule has 0 aromatic rings. The Morgan fingerprint density at radius 3 is 2.31 bits per heavy atom. The van der Waals surface area contributed by atoms with Crippen LogP contribution in [-0.2, 0) is 4.79 Å². The van der Waals surface area contributed by atoms with Crippen molar-refractivity contribution in [3.8, 4) is 0 Å². The molecule has 0 aliphatic carbocycles. The van der Waals surface area contributed by atoms with E-state index in [2.05, 4.69) is 28.6 Å². The first-order chi connectivity index (χ1) is 7.66. The van der Waals surface area contributed by atoms with Gasteiger partial charge < -0.3 is 4.90 Å². The Morgan fingerprint density at radius 1 is 1.31 bits per heavy atom. The van der Waals surface area contributed by atoms with Gasteiger partial charge in [0.05, 0.1) is 6.54 Å². The van der Waals surface area contributed by atoms with E-state index in [0.29, 0.717) is 24.7 Å². The SMILES string of the molecule is CC(C)N1C[C@H]2CC[C@@H](C1)N2C(=O)C1=NC1. The minimum absolute atomic E-state index is 0.218. The van der Waals surface area contributed by atoms with E-state index in [1.54, 1.807) is 0 Å². The van der Waals surface area contributed by atoms with E-state index in [9.17, 15) is 4.79 Å². The summed E-state index contributed by atoms with van der Waals surface area (Å²) in [5.41, 5.74) is 0.801. The molecule has 88 valence electrons. The van der Waals surface area contributed by atoms with Crippen molar-refractivity contribution < 1.29 is 4.79 Å². The van der Waals surface area contributed by atoms with Gasteiger partial charge in [0.15, 0.2) is 0 Å². The lowest BCUT2D eigenvalue weighted by molar-refractivity contribution is -0.129. The van der Waals surface area contributed by atoms with Gasteiger partial charge in [0.2, 0.25) is 0 Å². The number of hydrogen-bond donors (Lipinski definition) is 0. The van der Waals surface area contributed by atoms with Crippen LogP contribution in [0.4, 0.5) is 0 Å². The molecule has 0 radical (unpaired) electrons. The molecule has 0 aromatic carbocycles. The van der Waals surface area contributed by atoms with E-state index in [-0.39, 0.29) is 5.91 Å². The average molecular weight is 221 g/mol. The highest BCUT2D eigenvalue weighted by Gasteiger charge is 2.44. The molecule has 3 aliphatic rings. The molecule has 4 heteroatoms. The summed E-state index contributed by atoms with van der Waals surface area (Å²) in [5.74, 6) is 0.218. The Balaban J connectivity index is 1.74. The largest absolute Gasteiger partial charge is 0.329 e. The lowest BCUT2D eigenvalue weighted by Crippen LogP contribution is -2.58. The second-order valence-corrected chi connectivity index (χ2v) is 5.41. The molecular weight excluding hydrogens is 202 g/mol. The summed E-state index contributed by atoms with van der Waals surface area (Å²) in [5, 5.41) is 0. The van der Waals surface area contributed by atoms with Gasteiger partial charge in [-0.2, -0.15) is 0 Å². The van der Waals surface area contributed by atoms with Gasteiger partial charge in [-0.05, 0) is 26.7 Å². The fourth-order valence-corrected chi connectivity index (χ4v) is 3.01. The fraction of sp³-hybridized carbons (Fsp3) is 0.833. The van der Waals surface area contributed by atoms with E-state index in [1.165, 1.54) is 12.8 Å². The van der Waals surface area contributed by atoms with Crippen LogP contribution in [0.2, 0.25) is 0 Å². The summed E-state index contributed by atoms with van der Waals surface area (Å²) in [6.07, 6.45) is 2.35. The molecule has 0 saturated carbocycles. The van der Waals surface area contributed by atoms with Crippen LogP contribution >= 0.6 is 0 Å². The zero-order chi connectivity index (χ0) is 11.3. The maximum absolute atomic E-state index is 12.1. The highest BCUT2D eigenvalue weighted by Crippen LogP contribution is 2.31. The van der Waals surface area contributed by atoms with Crippen molar-refractivity contribution >= 4 is 11.6 Å². The second-order valence-electron chi connectivity index (χ2n) is 5.41. The Morgan fingerprint density at radius 2 is 1.88 bits per heavy atom. The first kappa shape index (κ1) is 10.3. The Bertz CT molecular complexity index is 336. The summed E-state index contributed by atoms with van der Waals surface area (Å²) in [6.45, 7) is 7.26. The topological polar surface area (TPSA) is 35.9 Å². The van der Waals surface area contributed by atoms with Crippen LogP contribution in [0.25, 0.3) is 0 Å². The zero-order valence-electron chi connectivity index (χ0n) is 10.0. The van der Waals surface area contributed by atoms with Crippen molar-refractivity contribution in [1.29, 1.82) is 0 Å². The first-order valence-corrected chi connectivity index (χ1v) is 6.27. The van der Waals surface area contributed by atoms with Crippen molar-refractivity contribution in [2.45, 2.75) is 44.8 Å². The molecule has 3 rings (SSSR count). The number of carbonyl (C=O) groups is 1. The summed E-state index contributed by atoms with van der Waals surface area (Å²) >= 11 is 0. The van der Waals surface area contributed by atoms with Gasteiger partial charge in [0, 0.05) is 31.2 Å². The van der Waals surface area contributed by atoms with Gasteiger partial charge in [-0.15, -0.1) is 0 Å². The molecule has 4 nitrogen and oxygen atoms in total. The van der Waals surface area contributed by atoms with Crippen molar-refractivity contribution in [2.75, 3.05) is 19.6 Å². The van der Waals surface area contributed by atoms with Gasteiger partial charge in [0.25, 0.3) is 5.91 Å². The average Bonchev–Trinajstić information content (AvgIpc) is 3.04. The third kappa shape index (κ3) is 1.56. The number of rotatable bonds is 2. The summed E-state index contributed by atoms with van der Waals surface area (Å²) in [6, 6.07) is 1.48. The monoisotopic (exact) mass is 221 g/mol. The van der Waals surface area contributed by atoms with Gasteiger partial charge in [0.1, 0.15) is 5.71 Å². The first-order valence-electron chi connectivity index (χ1n) is 6.27. The number of fused-ring (bicyclic) bond motifs is 2. The van der Waals surface area contributed by atoms with Crippen LogP contribution in [0.3, 0.4) is 0 Å². The van der Waals surface area contributed by atoms with Crippen LogP contribution in [0.1, 0.15) is 26.7 Å². The number of hydrogen-bond acceptors (Lipinski definition) is 3. The number of carbonyl (C=O) groups excluding carboxylic acids is 1. The van der Waals surface area contributed by atoms with Gasteiger partial charge in [-0.3, -0.25) is 14.7 Å². The van der Waals surface area contributed by atoms with E-state index in [0.717, 1.165) is 18.8 Å². The number of aliphatic imine (C=N–C) groups is 1. The molecule has 2 bridgehead atoms. The van der Waals surface area contributed by atoms with Crippen molar-refractivity contribution in [3.05, 3.63) is 0 Å². The molecule has 2 saturated heterocycles. The van der Waals surface area contributed by atoms with Crippen LogP contribution in [0.5, 0.6) is 0 Å². The molecule has 2 atom stereocenters. The van der Waals surface area contributed by atoms with Gasteiger partial charge >= 0.3 is 0 Å². The van der Waals surface area contributed by atoms with Crippen molar-refractivity contribution in [2.24, 2.45) is 4.99 Å². The van der Waals surface area contributed by atoms with Gasteiger partial charge in [-0.25, -0.2) is 0 Å². The second kappa shape index (κ2) is 3.55. The molecule has 16 heavy (non-hydrogen) atoms. The Kier molecular flexibility index (Phi) is 2.28. The smallest absolute Gasteiger partial charge is 0.270 e. The van der Waals surface area contributed by atoms with Crippen LogP contribution in [-0.4, -0.2) is 59.2 Å². The summed E-state index contributed by atoms with van der Waals surface area (Å²) in [7, 11) is 0. The standard InChI is InChI=1S/C12H19N3O/c1-8(2)14-6-9-3-4-10(7-14)15(9)12(16)11-5-13-11/h8-10H,3-7H2,1-2H3/t9-,10+. The summed E-state index contributed by atoms with van der Waals surface area (Å²) in [4.78, 5) is 20.7. The molecule has 0 unspecified atom stereocenters. The maximum Gasteiger partial charge on any atom is 0.270 e. The molecule has 1 amide bonds. The van der Waals surface area contributed by atoms with Crippen molar-refractivity contribution in [3.63, 3.8) is 0 Å². The Hall–Kier alpha value is -0.900. The molecule has 3 heterocycles. The van der Waals surface area contributed by atoms with Gasteiger partial charge in [-0.1, -0.05) is 0 Å². The lowest BCUT2D eigenvalue weighted by atomic mass is 10.1. The summed E-state index contributed by atoms with van der Waals surface area (Å²) < 4.78 is 0. The number of likely N-dealkylation sites (tertiary alicyclic amines) is 1. The van der Waals surface area contributed by atoms with E-state index in [4.69, 9.17) is 0 Å². The molecule has 0 aromatic heterocycles. The predicted octanol–water partition coefficient (Wildman–Crippen LogP) is 0.525. The minimum Gasteiger partial charge on any atom is -0.329 e. The van der Waals surface area contributed by atoms with Crippen LogP contribution in [0, 0.1) is 0 Å². The maximum atomic E-state index is 12.1. The normalized spacial score (nSPS) is 33.2. The Labute approximate surface area is 96.3 Å². The molecule has 3 aliphatic heterocycles. The van der Waals surface area contributed by atoms with E-state index < -0.39 is 0 Å². The zero-order valence-corrected chi connectivity index (χ0v) is 10.0. The molecule has 0 spiro atoms. The quantitative estimate of drug-likeness (QED) is 0.681. The molecule has 2 fully saturated rings. The third-order valence-electron chi connectivity index (χ3n) is 4.04. The number of piperazine rings is 1. The lowest BCUT2D eigenvalue weighted by Gasteiger charge is -2.42. The molecular formula is C12H19N3O. The van der Waals surface area contributed by atoms with Crippen LogP contribution in [0.15, 0.2) is 4.99 Å². The fourth-order valence-electron chi connectivity index (χ4n) is 3.01. The number of nitrogens with zero attached hydrogens (tertiary/aromatic N) is 3. The minimum atomic E-state index is 0.218. The van der Waals surface area contributed by atoms with E-state index in [1.807, 2.05) is 0 Å². The third-order valence-corrected chi connectivity index (χ3v) is 4.04. The predicted molar refractivity (Wildman–Crippen MR) is 62.7 cm³/mol. The van der Waals surface area contributed by atoms with Crippen molar-refractivity contribution in [1.82, 2.24) is 9.80 Å². The van der Waals surface area contributed by atoms with E-state index >= 15 is 0 Å². The molecule has 0 N–H and O–H groups in total. The highest BCUT2D eigenvalue weighted by molar-refractivity contribution is 6.44. The number of amides is 1. The highest BCUT2D eigenvalue weighted by atomic mass is 16.2.